The molecule has 2 aromatic heterocycles. The van der Waals surface area contributed by atoms with E-state index in [2.05, 4.69) is 295 Å². The van der Waals surface area contributed by atoms with Crippen molar-refractivity contribution in [2.45, 2.75) is 84.0 Å². The molecule has 0 fully saturated rings. The SMILES string of the molecule is CC(C)(C)c1cc(-n2[c](=[Pt])n(-c3[c-]c(Oc4[c-]c5c(cc4)C4(c6ccccc6N5c5cc(C(C)(C)C)ccn5)c5ccccc5N(c5ccccc5)c5ccccc54)ccc3)c3ccccc32)cc(C(C)(C)C)c1. The molecule has 0 saturated carbocycles. The second kappa shape index (κ2) is 17.6. The third kappa shape index (κ3) is 7.72. The van der Waals surface area contributed by atoms with Gasteiger partial charge in [0.15, 0.2) is 0 Å². The summed E-state index contributed by atoms with van der Waals surface area (Å²) in [5.74, 6) is 1.97. The number of benzene rings is 8. The normalized spacial score (nSPS) is 13.9. The molecule has 0 radical (unpaired) electrons. The molecule has 6 nitrogen and oxygen atoms in total. The Morgan fingerprint density at radius 1 is 0.446 bits per heavy atom. The Morgan fingerprint density at radius 3 is 1.57 bits per heavy atom. The molecule has 0 unspecified atom stereocenters. The van der Waals surface area contributed by atoms with Crippen LogP contribution in [0.4, 0.5) is 34.3 Å². The molecule has 7 heteroatoms. The van der Waals surface area contributed by atoms with Gasteiger partial charge in [-0.2, -0.15) is 0 Å². The van der Waals surface area contributed by atoms with Crippen LogP contribution in [0, 0.1) is 15.9 Å². The third-order valence-corrected chi connectivity index (χ3v) is 15.9. The van der Waals surface area contributed by atoms with Gasteiger partial charge in [-0.3, -0.25) is 0 Å². The standard InChI is InChI=1S/C67H59N5O.Pt/c1-64(2,3)45-36-37-68-63(41-45)72-59-31-18-15-28-55(59)67(53-26-13-16-29-57(53)71(48-22-11-10-12-23-48)58-30-17-14-27-54(58)67)56-35-34-52(43-62(56)72)73-51-25-21-24-49(42-51)69-44-70(61-33-20-19-32-60(61)69)50-39-46(65(4,5)6)38-47(40-50)66(7,8)9;/h10-41H,1-9H3;/q-2;. The van der Waals surface area contributed by atoms with Crippen LogP contribution in [0.2, 0.25) is 0 Å². The number of ether oxygens (including phenoxy) is 1. The summed E-state index contributed by atoms with van der Waals surface area (Å²) >= 11 is 2.49. The Morgan fingerprint density at radius 2 is 0.973 bits per heavy atom. The van der Waals surface area contributed by atoms with Crippen molar-refractivity contribution in [3.63, 3.8) is 0 Å². The third-order valence-electron chi connectivity index (χ3n) is 14.9. The molecule has 0 bridgehead atoms. The first-order valence-corrected chi connectivity index (χ1v) is 26.7. The van der Waals surface area contributed by atoms with E-state index in [-0.39, 0.29) is 16.2 Å². The number of pyridine rings is 1. The summed E-state index contributed by atoms with van der Waals surface area (Å²) in [6.07, 6.45) is 1.94. The van der Waals surface area contributed by atoms with E-state index in [1.165, 1.54) is 27.8 Å². The van der Waals surface area contributed by atoms with Gasteiger partial charge in [0, 0.05) is 23.3 Å². The van der Waals surface area contributed by atoms with Gasteiger partial charge in [-0.05, 0) is 41.3 Å². The van der Waals surface area contributed by atoms with Crippen molar-refractivity contribution in [2.24, 2.45) is 0 Å². The first-order valence-electron chi connectivity index (χ1n) is 25.5. The Labute approximate surface area is 446 Å². The number of hydrogen-bond donors (Lipinski definition) is 0. The maximum absolute atomic E-state index is 7.01. The zero-order valence-corrected chi connectivity index (χ0v) is 45.7. The van der Waals surface area contributed by atoms with Gasteiger partial charge in [0.25, 0.3) is 0 Å². The van der Waals surface area contributed by atoms with Crippen molar-refractivity contribution in [1.29, 1.82) is 0 Å². The molecule has 2 aliphatic rings. The number of nitrogens with zero attached hydrogens (tertiary/aromatic N) is 5. The monoisotopic (exact) mass is 1140 g/mol. The minimum atomic E-state index is -0.745. The van der Waals surface area contributed by atoms with E-state index in [0.717, 1.165) is 71.6 Å². The molecule has 74 heavy (non-hydrogen) atoms. The molecule has 8 aromatic carbocycles. The van der Waals surface area contributed by atoms with E-state index in [1.54, 1.807) is 0 Å². The van der Waals surface area contributed by atoms with Gasteiger partial charge in [-0.15, -0.1) is 0 Å². The maximum atomic E-state index is 7.01. The Balaban J connectivity index is 1.04. The fourth-order valence-corrected chi connectivity index (χ4v) is 12.2. The van der Waals surface area contributed by atoms with Crippen molar-refractivity contribution >= 4 is 45.3 Å². The molecule has 10 aromatic rings. The first-order chi connectivity index (χ1) is 35.5. The second-order valence-electron chi connectivity index (χ2n) is 22.7. The predicted octanol–water partition coefficient (Wildman–Crippen LogP) is 17.1. The summed E-state index contributed by atoms with van der Waals surface area (Å²) in [4.78, 5) is 9.84. The molecule has 2 aliphatic heterocycles. The molecule has 0 atom stereocenters. The number of fused-ring (bicyclic) bond motifs is 9. The number of hydrogen-bond acceptors (Lipinski definition) is 4. The van der Waals surface area contributed by atoms with E-state index in [0.29, 0.717) is 11.5 Å². The van der Waals surface area contributed by atoms with Crippen molar-refractivity contribution in [2.75, 3.05) is 9.80 Å². The van der Waals surface area contributed by atoms with Crippen molar-refractivity contribution in [1.82, 2.24) is 14.1 Å². The van der Waals surface area contributed by atoms with Crippen LogP contribution >= 0.6 is 0 Å². The van der Waals surface area contributed by atoms with Crippen LogP contribution in [0.25, 0.3) is 22.4 Å². The van der Waals surface area contributed by atoms with Gasteiger partial charge in [-0.25, -0.2) is 0 Å². The average Bonchev–Trinajstić information content (AvgIpc) is 3.81. The summed E-state index contributed by atoms with van der Waals surface area (Å²) in [7, 11) is 0. The van der Waals surface area contributed by atoms with Gasteiger partial charge in [0.2, 0.25) is 0 Å². The van der Waals surface area contributed by atoms with Gasteiger partial charge < -0.3 is 4.90 Å². The molecule has 0 aliphatic carbocycles. The van der Waals surface area contributed by atoms with Crippen LogP contribution in [-0.2, 0) is 41.0 Å². The van der Waals surface area contributed by atoms with E-state index in [1.807, 2.05) is 12.3 Å². The van der Waals surface area contributed by atoms with Crippen LogP contribution in [0.5, 0.6) is 11.5 Å². The first kappa shape index (κ1) is 47.5. The van der Waals surface area contributed by atoms with Crippen LogP contribution < -0.4 is 14.5 Å². The van der Waals surface area contributed by atoms with Gasteiger partial charge >= 0.3 is 286 Å². The molecule has 370 valence electrons. The Bertz CT molecular complexity index is 3800. The number of rotatable bonds is 6. The number of imidazole rings is 1. The van der Waals surface area contributed by atoms with Crippen molar-refractivity contribution in [3.8, 4) is 22.9 Å². The summed E-state index contributed by atoms with van der Waals surface area (Å²) < 4.78 is 12.7. The zero-order valence-electron chi connectivity index (χ0n) is 43.4. The summed E-state index contributed by atoms with van der Waals surface area (Å²) in [5.41, 5.74) is 16.9. The Kier molecular flexibility index (Phi) is 11.3. The molecule has 12 rings (SSSR count). The summed E-state index contributed by atoms with van der Waals surface area (Å²) in [6, 6.07) is 75.5. The fourth-order valence-electron chi connectivity index (χ4n) is 11.1. The van der Waals surface area contributed by atoms with Crippen LogP contribution in [0.3, 0.4) is 0 Å². The molecule has 0 amide bonds. The van der Waals surface area contributed by atoms with E-state index in [4.69, 9.17) is 9.72 Å². The second-order valence-corrected chi connectivity index (χ2v) is 23.7. The van der Waals surface area contributed by atoms with E-state index in [9.17, 15) is 0 Å². The Hall–Kier alpha value is -7.53. The minimum absolute atomic E-state index is 0.0311. The van der Waals surface area contributed by atoms with Gasteiger partial charge in [-0.1, -0.05) is 93.6 Å². The van der Waals surface area contributed by atoms with E-state index >= 15 is 0 Å². The summed E-state index contributed by atoms with van der Waals surface area (Å²) in [5, 5.41) is 0. The molecular weight excluding hydrogens is 1090 g/mol. The molecule has 0 N–H and O–H groups in total. The zero-order chi connectivity index (χ0) is 51.3. The van der Waals surface area contributed by atoms with Crippen LogP contribution in [0.1, 0.15) is 101 Å². The van der Waals surface area contributed by atoms with Gasteiger partial charge in [0.1, 0.15) is 0 Å². The quantitative estimate of drug-likeness (QED) is 0.156. The van der Waals surface area contributed by atoms with E-state index < -0.39 is 5.41 Å². The van der Waals surface area contributed by atoms with Crippen molar-refractivity contribution < 1.29 is 24.1 Å². The summed E-state index contributed by atoms with van der Waals surface area (Å²) in [6.45, 7) is 20.5. The molecule has 0 saturated heterocycles. The number of aromatic nitrogens is 3. The predicted molar refractivity (Wildman–Crippen MR) is 299 cm³/mol. The topological polar surface area (TPSA) is 38.5 Å². The van der Waals surface area contributed by atoms with Gasteiger partial charge in [0.05, 0.1) is 0 Å². The van der Waals surface area contributed by atoms with Crippen LogP contribution in [0.15, 0.2) is 194 Å². The average molecular weight is 1150 g/mol. The molecule has 4 heterocycles. The fraction of sp³-hybridized carbons (Fsp3) is 0.194. The van der Waals surface area contributed by atoms with Crippen molar-refractivity contribution in [3.05, 3.63) is 249 Å². The van der Waals surface area contributed by atoms with Crippen LogP contribution in [-0.4, -0.2) is 14.1 Å². The molecule has 1 spiro atoms. The molecular formula is C67H59N5OPt-2. The number of para-hydroxylation sites is 6. The number of anilines is 6.